The number of rotatable bonds is 3. The molecule has 0 fully saturated rings. The average Bonchev–Trinajstić information content (AvgIpc) is 2.76. The zero-order valence-corrected chi connectivity index (χ0v) is 11.1. The highest BCUT2D eigenvalue weighted by molar-refractivity contribution is 7.08. The molecule has 0 aliphatic carbocycles. The van der Waals surface area contributed by atoms with Crippen molar-refractivity contribution >= 4 is 17.1 Å². The zero-order chi connectivity index (χ0) is 13.1. The Hall–Kier alpha value is -1.92. The molecule has 0 aliphatic heterocycles. The van der Waals surface area contributed by atoms with Crippen LogP contribution in [-0.4, -0.2) is 5.78 Å². The second-order valence-electron chi connectivity index (χ2n) is 4.31. The molecule has 0 spiro atoms. The van der Waals surface area contributed by atoms with Crippen molar-refractivity contribution < 1.29 is 4.79 Å². The zero-order valence-electron chi connectivity index (χ0n) is 10.3. The summed E-state index contributed by atoms with van der Waals surface area (Å²) in [5.41, 5.74) is 3.43. The number of nitriles is 1. The van der Waals surface area contributed by atoms with Crippen LogP contribution >= 0.6 is 11.3 Å². The molecule has 1 aromatic carbocycles. The molecule has 18 heavy (non-hydrogen) atoms. The Kier molecular flexibility index (Phi) is 3.59. The SMILES string of the molecule is Cc1cccc(C(C#N)C(=O)c2cscc2C)c1. The number of carbonyl (C=O) groups excluding carboxylic acids is 1. The van der Waals surface area contributed by atoms with Gasteiger partial charge in [0.1, 0.15) is 5.92 Å². The summed E-state index contributed by atoms with van der Waals surface area (Å²) in [6, 6.07) is 9.68. The lowest BCUT2D eigenvalue weighted by molar-refractivity contribution is 0.0979. The lowest BCUT2D eigenvalue weighted by atomic mass is 9.91. The number of hydrogen-bond donors (Lipinski definition) is 0. The minimum Gasteiger partial charge on any atom is -0.292 e. The summed E-state index contributed by atoms with van der Waals surface area (Å²) in [6.07, 6.45) is 0. The van der Waals surface area contributed by atoms with Crippen molar-refractivity contribution in [3.8, 4) is 6.07 Å². The van der Waals surface area contributed by atoms with E-state index < -0.39 is 5.92 Å². The lowest BCUT2D eigenvalue weighted by Gasteiger charge is -2.09. The molecule has 0 saturated heterocycles. The van der Waals surface area contributed by atoms with E-state index in [1.165, 1.54) is 11.3 Å². The van der Waals surface area contributed by atoms with Crippen molar-refractivity contribution in [2.45, 2.75) is 19.8 Å². The number of ketones is 1. The van der Waals surface area contributed by atoms with E-state index in [0.29, 0.717) is 5.56 Å². The van der Waals surface area contributed by atoms with E-state index in [9.17, 15) is 10.1 Å². The second-order valence-corrected chi connectivity index (χ2v) is 5.05. The molecule has 1 unspecified atom stereocenters. The van der Waals surface area contributed by atoms with Gasteiger partial charge in [-0.1, -0.05) is 29.8 Å². The molecule has 0 saturated carbocycles. The molecule has 1 aromatic heterocycles. The predicted octanol–water partition coefficient (Wildman–Crippen LogP) is 3.86. The third-order valence-electron chi connectivity index (χ3n) is 2.89. The van der Waals surface area contributed by atoms with Gasteiger partial charge in [0.25, 0.3) is 0 Å². The van der Waals surface area contributed by atoms with Crippen LogP contribution in [0.25, 0.3) is 0 Å². The van der Waals surface area contributed by atoms with Crippen LogP contribution in [0.5, 0.6) is 0 Å². The fourth-order valence-corrected chi connectivity index (χ4v) is 2.74. The average molecular weight is 255 g/mol. The summed E-state index contributed by atoms with van der Waals surface area (Å²) in [5, 5.41) is 13.0. The second kappa shape index (κ2) is 5.16. The molecule has 2 nitrogen and oxygen atoms in total. The van der Waals surface area contributed by atoms with Gasteiger partial charge in [0.2, 0.25) is 0 Å². The number of nitrogens with zero attached hydrogens (tertiary/aromatic N) is 1. The highest BCUT2D eigenvalue weighted by Gasteiger charge is 2.23. The number of thiophene rings is 1. The Morgan fingerprint density at radius 1 is 1.33 bits per heavy atom. The largest absolute Gasteiger partial charge is 0.292 e. The van der Waals surface area contributed by atoms with Crippen molar-refractivity contribution in [3.63, 3.8) is 0 Å². The first-order valence-electron chi connectivity index (χ1n) is 5.66. The smallest absolute Gasteiger partial charge is 0.185 e. The predicted molar refractivity (Wildman–Crippen MR) is 72.9 cm³/mol. The molecule has 1 heterocycles. The van der Waals surface area contributed by atoms with E-state index in [2.05, 4.69) is 6.07 Å². The van der Waals surface area contributed by atoms with E-state index in [1.807, 2.05) is 48.9 Å². The normalized spacial score (nSPS) is 11.8. The van der Waals surface area contributed by atoms with Gasteiger partial charge >= 0.3 is 0 Å². The van der Waals surface area contributed by atoms with Gasteiger partial charge in [-0.25, -0.2) is 0 Å². The molecule has 90 valence electrons. The maximum absolute atomic E-state index is 12.4. The number of carbonyl (C=O) groups is 1. The minimum atomic E-state index is -0.710. The quantitative estimate of drug-likeness (QED) is 0.781. The lowest BCUT2D eigenvalue weighted by Crippen LogP contribution is -2.11. The minimum absolute atomic E-state index is 0.109. The van der Waals surface area contributed by atoms with Crippen molar-refractivity contribution in [2.75, 3.05) is 0 Å². The number of Topliss-reactive ketones (excluding diaryl/α,β-unsaturated/α-hetero) is 1. The van der Waals surface area contributed by atoms with E-state index in [4.69, 9.17) is 0 Å². The van der Waals surface area contributed by atoms with E-state index in [1.54, 1.807) is 0 Å². The molecular weight excluding hydrogens is 242 g/mol. The fraction of sp³-hybridized carbons (Fsp3) is 0.200. The highest BCUT2D eigenvalue weighted by Crippen LogP contribution is 2.24. The molecule has 2 aromatic rings. The molecular formula is C15H13NOS. The summed E-state index contributed by atoms with van der Waals surface area (Å²) in [5.74, 6) is -0.819. The molecule has 1 atom stereocenters. The molecule has 0 aliphatic rings. The van der Waals surface area contributed by atoms with Gasteiger partial charge < -0.3 is 0 Å². The monoisotopic (exact) mass is 255 g/mol. The van der Waals surface area contributed by atoms with Gasteiger partial charge in [-0.2, -0.15) is 16.6 Å². The van der Waals surface area contributed by atoms with Crippen LogP contribution in [0.3, 0.4) is 0 Å². The Morgan fingerprint density at radius 3 is 2.67 bits per heavy atom. The van der Waals surface area contributed by atoms with Crippen molar-refractivity contribution in [1.29, 1.82) is 5.26 Å². The molecule has 3 heteroatoms. The van der Waals surface area contributed by atoms with Crippen LogP contribution in [0.2, 0.25) is 0 Å². The summed E-state index contributed by atoms with van der Waals surface area (Å²) in [6.45, 7) is 3.85. The first kappa shape index (κ1) is 12.5. The van der Waals surface area contributed by atoms with E-state index in [-0.39, 0.29) is 5.78 Å². The Bertz CT molecular complexity index is 621. The fourth-order valence-electron chi connectivity index (χ4n) is 1.90. The topological polar surface area (TPSA) is 40.9 Å². The van der Waals surface area contributed by atoms with Crippen molar-refractivity contribution in [1.82, 2.24) is 0 Å². The van der Waals surface area contributed by atoms with E-state index in [0.717, 1.165) is 16.7 Å². The van der Waals surface area contributed by atoms with Crippen LogP contribution in [0.15, 0.2) is 35.0 Å². The summed E-state index contributed by atoms with van der Waals surface area (Å²) >= 11 is 1.49. The van der Waals surface area contributed by atoms with Crippen LogP contribution in [-0.2, 0) is 0 Å². The summed E-state index contributed by atoms with van der Waals surface area (Å²) in [4.78, 5) is 12.4. The molecule has 0 N–H and O–H groups in total. The number of hydrogen-bond acceptors (Lipinski definition) is 3. The third kappa shape index (κ3) is 2.34. The maximum Gasteiger partial charge on any atom is 0.185 e. The van der Waals surface area contributed by atoms with Crippen molar-refractivity contribution in [3.05, 3.63) is 57.3 Å². The molecule has 0 radical (unpaired) electrons. The number of benzene rings is 1. The Labute approximate surface area is 111 Å². The number of aryl methyl sites for hydroxylation is 2. The van der Waals surface area contributed by atoms with Crippen molar-refractivity contribution in [2.24, 2.45) is 0 Å². The third-order valence-corrected chi connectivity index (χ3v) is 3.75. The Balaban J connectivity index is 2.39. The summed E-state index contributed by atoms with van der Waals surface area (Å²) < 4.78 is 0. The first-order chi connectivity index (χ1) is 8.63. The van der Waals surface area contributed by atoms with Gasteiger partial charge in [0.05, 0.1) is 6.07 Å². The molecule has 0 bridgehead atoms. The van der Waals surface area contributed by atoms with Gasteiger partial charge in [-0.3, -0.25) is 4.79 Å². The van der Waals surface area contributed by atoms with Gasteiger partial charge in [0.15, 0.2) is 5.78 Å². The van der Waals surface area contributed by atoms with Gasteiger partial charge in [-0.05, 0) is 30.4 Å². The van der Waals surface area contributed by atoms with Crippen LogP contribution in [0.1, 0.15) is 33.0 Å². The van der Waals surface area contributed by atoms with E-state index >= 15 is 0 Å². The first-order valence-corrected chi connectivity index (χ1v) is 6.61. The van der Waals surface area contributed by atoms with Gasteiger partial charge in [0, 0.05) is 10.9 Å². The molecule has 0 amide bonds. The highest BCUT2D eigenvalue weighted by atomic mass is 32.1. The van der Waals surface area contributed by atoms with Crippen LogP contribution < -0.4 is 0 Å². The van der Waals surface area contributed by atoms with Gasteiger partial charge in [-0.15, -0.1) is 0 Å². The Morgan fingerprint density at radius 2 is 2.11 bits per heavy atom. The van der Waals surface area contributed by atoms with Crippen LogP contribution in [0, 0.1) is 25.2 Å². The summed E-state index contributed by atoms with van der Waals surface area (Å²) in [7, 11) is 0. The molecule has 2 rings (SSSR count). The standard InChI is InChI=1S/C15H13NOS/c1-10-4-3-5-12(6-10)13(7-16)15(17)14-9-18-8-11(14)2/h3-6,8-9,13H,1-2H3. The maximum atomic E-state index is 12.4. The van der Waals surface area contributed by atoms with Crippen LogP contribution in [0.4, 0.5) is 0 Å².